The molecule has 10 heteroatoms. The molecular formula is C62H124NO8P. The van der Waals surface area contributed by atoms with Crippen LogP contribution in [0.25, 0.3) is 0 Å². The molecule has 2 atom stereocenters. The molecule has 0 aliphatic heterocycles. The highest BCUT2D eigenvalue weighted by Crippen LogP contribution is 2.38. The summed E-state index contributed by atoms with van der Waals surface area (Å²) in [6.07, 6.45) is 63.8. The second-order valence-corrected chi connectivity index (χ2v) is 24.6. The van der Waals surface area contributed by atoms with Gasteiger partial charge in [-0.05, 0) is 12.8 Å². The summed E-state index contributed by atoms with van der Waals surface area (Å²) >= 11 is 0. The first-order chi connectivity index (χ1) is 35.0. The normalized spacial score (nSPS) is 13.1. The van der Waals surface area contributed by atoms with E-state index in [2.05, 4.69) is 13.8 Å². The molecule has 0 heterocycles. The summed E-state index contributed by atoms with van der Waals surface area (Å²) in [5, 5.41) is 0. The van der Waals surface area contributed by atoms with Gasteiger partial charge in [0.15, 0.2) is 6.10 Å². The van der Waals surface area contributed by atoms with E-state index >= 15 is 0 Å². The predicted octanol–water partition coefficient (Wildman–Crippen LogP) is 19.2. The van der Waals surface area contributed by atoms with Crippen molar-refractivity contribution in [2.45, 2.75) is 341 Å². The average molecular weight is 1040 g/mol. The van der Waals surface area contributed by atoms with E-state index in [1.54, 1.807) is 0 Å². The highest BCUT2D eigenvalue weighted by atomic mass is 31.2. The number of likely N-dealkylation sites (N-methyl/N-ethyl adjacent to an activating group) is 1. The minimum Gasteiger partial charge on any atom is -0.756 e. The molecule has 0 saturated carbocycles. The highest BCUT2D eigenvalue weighted by Gasteiger charge is 2.22. The minimum atomic E-state index is -4.62. The maximum absolute atomic E-state index is 12.7. The van der Waals surface area contributed by atoms with Crippen molar-refractivity contribution in [1.82, 2.24) is 0 Å². The summed E-state index contributed by atoms with van der Waals surface area (Å²) in [6, 6.07) is 0. The van der Waals surface area contributed by atoms with Crippen LogP contribution in [0, 0.1) is 0 Å². The molecule has 0 aromatic heterocycles. The number of hydrogen-bond donors (Lipinski definition) is 0. The van der Waals surface area contributed by atoms with Crippen molar-refractivity contribution < 1.29 is 42.1 Å². The molecule has 0 radical (unpaired) electrons. The zero-order valence-electron chi connectivity index (χ0n) is 48.9. The predicted molar refractivity (Wildman–Crippen MR) is 305 cm³/mol. The smallest absolute Gasteiger partial charge is 0.306 e. The Kier molecular flexibility index (Phi) is 54.0. The molecule has 0 amide bonds. The van der Waals surface area contributed by atoms with Crippen LogP contribution in [-0.2, 0) is 32.7 Å². The van der Waals surface area contributed by atoms with Crippen molar-refractivity contribution in [2.75, 3.05) is 47.5 Å². The molecule has 72 heavy (non-hydrogen) atoms. The first-order valence-electron chi connectivity index (χ1n) is 31.7. The first kappa shape index (κ1) is 71.0. The second-order valence-electron chi connectivity index (χ2n) is 23.1. The van der Waals surface area contributed by atoms with Crippen LogP contribution in [0.5, 0.6) is 0 Å². The Balaban J connectivity index is 3.71. The second kappa shape index (κ2) is 54.8. The van der Waals surface area contributed by atoms with Gasteiger partial charge in [0.1, 0.15) is 19.8 Å². The van der Waals surface area contributed by atoms with Crippen molar-refractivity contribution in [3.63, 3.8) is 0 Å². The number of phosphoric acid groups is 1. The molecule has 430 valence electrons. The molecule has 0 aliphatic rings. The van der Waals surface area contributed by atoms with E-state index in [0.29, 0.717) is 17.4 Å². The van der Waals surface area contributed by atoms with Crippen LogP contribution in [0.4, 0.5) is 0 Å². The third kappa shape index (κ3) is 58.3. The largest absolute Gasteiger partial charge is 0.756 e. The fourth-order valence-corrected chi connectivity index (χ4v) is 10.4. The van der Waals surface area contributed by atoms with Gasteiger partial charge < -0.3 is 27.9 Å². The summed E-state index contributed by atoms with van der Waals surface area (Å²) in [5.41, 5.74) is 0. The van der Waals surface area contributed by atoms with Gasteiger partial charge >= 0.3 is 11.9 Å². The van der Waals surface area contributed by atoms with Crippen LogP contribution < -0.4 is 4.89 Å². The SMILES string of the molecule is CCCCCCCCCCCCCCCCCCCCCCCCCCCCCCCCCCCCCCCCCCC(=O)OC(COC(=O)CCCCCCCCCC)COP(=O)([O-])OCC[N+](C)(C)C. The standard InChI is InChI=1S/C62H124NO8P/c1-6-8-10-12-14-16-17-18-19-20-21-22-23-24-25-26-27-28-29-30-31-32-33-34-35-36-37-38-39-40-41-42-43-44-45-46-47-49-51-53-55-62(65)71-60(59-70-72(66,67)69-57-56-63(3,4)5)58-68-61(64)54-52-50-48-15-13-11-9-7-2/h60H,6-59H2,1-5H3. The maximum atomic E-state index is 12.7. The number of carbonyl (C=O) groups is 2. The Morgan fingerprint density at radius 2 is 0.625 bits per heavy atom. The molecule has 0 rings (SSSR count). The van der Waals surface area contributed by atoms with E-state index in [9.17, 15) is 19.0 Å². The fourth-order valence-electron chi connectivity index (χ4n) is 9.72. The Morgan fingerprint density at radius 3 is 0.889 bits per heavy atom. The van der Waals surface area contributed by atoms with Crippen molar-refractivity contribution in [3.05, 3.63) is 0 Å². The summed E-state index contributed by atoms with van der Waals surface area (Å²) in [4.78, 5) is 37.6. The number of hydrogen-bond acceptors (Lipinski definition) is 8. The van der Waals surface area contributed by atoms with Gasteiger partial charge in [0.05, 0.1) is 27.7 Å². The van der Waals surface area contributed by atoms with Gasteiger partial charge in [0, 0.05) is 12.8 Å². The van der Waals surface area contributed by atoms with Gasteiger partial charge in [0.25, 0.3) is 7.82 Å². The lowest BCUT2D eigenvalue weighted by Crippen LogP contribution is -2.37. The molecule has 0 aromatic carbocycles. The van der Waals surface area contributed by atoms with Crippen molar-refractivity contribution in [3.8, 4) is 0 Å². The average Bonchev–Trinajstić information content (AvgIpc) is 3.34. The number of unbranched alkanes of at least 4 members (excludes halogenated alkanes) is 46. The summed E-state index contributed by atoms with van der Waals surface area (Å²) in [6.45, 7) is 4.25. The Labute approximate surface area is 448 Å². The summed E-state index contributed by atoms with van der Waals surface area (Å²) < 4.78 is 34.0. The van der Waals surface area contributed by atoms with Gasteiger partial charge in [-0.15, -0.1) is 0 Å². The number of esters is 2. The number of quaternary nitrogens is 1. The summed E-state index contributed by atoms with van der Waals surface area (Å²) in [7, 11) is 1.19. The maximum Gasteiger partial charge on any atom is 0.306 e. The van der Waals surface area contributed by atoms with Crippen molar-refractivity contribution in [2.24, 2.45) is 0 Å². The molecule has 0 bridgehead atoms. The van der Waals surface area contributed by atoms with Crippen LogP contribution in [-0.4, -0.2) is 70.0 Å². The lowest BCUT2D eigenvalue weighted by molar-refractivity contribution is -0.870. The van der Waals surface area contributed by atoms with Crippen LogP contribution in [0.3, 0.4) is 0 Å². The molecule has 0 spiro atoms. The van der Waals surface area contributed by atoms with E-state index in [4.69, 9.17) is 18.5 Å². The minimum absolute atomic E-state index is 0.0257. The molecule has 0 fully saturated rings. The van der Waals surface area contributed by atoms with E-state index in [1.165, 1.54) is 270 Å². The Bertz CT molecular complexity index is 1180. The summed E-state index contributed by atoms with van der Waals surface area (Å²) in [5.74, 6) is -0.820. The number of ether oxygens (including phenoxy) is 2. The molecular weight excluding hydrogens is 918 g/mol. The molecule has 0 saturated heterocycles. The van der Waals surface area contributed by atoms with Gasteiger partial charge in [-0.1, -0.05) is 309 Å². The van der Waals surface area contributed by atoms with Crippen LogP contribution in [0.2, 0.25) is 0 Å². The number of carbonyl (C=O) groups excluding carboxylic acids is 2. The van der Waals surface area contributed by atoms with E-state index < -0.39 is 26.5 Å². The monoisotopic (exact) mass is 1040 g/mol. The number of phosphoric ester groups is 1. The van der Waals surface area contributed by atoms with E-state index in [0.717, 1.165) is 32.1 Å². The topological polar surface area (TPSA) is 111 Å². The van der Waals surface area contributed by atoms with Crippen molar-refractivity contribution in [1.29, 1.82) is 0 Å². The number of nitrogens with zero attached hydrogens (tertiary/aromatic N) is 1. The van der Waals surface area contributed by atoms with Crippen LogP contribution in [0.15, 0.2) is 0 Å². The zero-order valence-corrected chi connectivity index (χ0v) is 49.8. The van der Waals surface area contributed by atoms with E-state index in [1.807, 2.05) is 21.1 Å². The lowest BCUT2D eigenvalue weighted by Gasteiger charge is -2.28. The van der Waals surface area contributed by atoms with Crippen LogP contribution >= 0.6 is 7.82 Å². The third-order valence-corrected chi connectivity index (χ3v) is 15.6. The molecule has 0 aromatic rings. The van der Waals surface area contributed by atoms with E-state index in [-0.39, 0.29) is 32.0 Å². The first-order valence-corrected chi connectivity index (χ1v) is 33.2. The fraction of sp³-hybridized carbons (Fsp3) is 0.968. The molecule has 2 unspecified atom stereocenters. The lowest BCUT2D eigenvalue weighted by atomic mass is 10.0. The van der Waals surface area contributed by atoms with Crippen LogP contribution in [0.1, 0.15) is 335 Å². The molecule has 9 nitrogen and oxygen atoms in total. The molecule has 0 aliphatic carbocycles. The van der Waals surface area contributed by atoms with Gasteiger partial charge in [0.2, 0.25) is 0 Å². The number of rotatable bonds is 60. The third-order valence-electron chi connectivity index (χ3n) is 14.6. The van der Waals surface area contributed by atoms with Crippen molar-refractivity contribution >= 4 is 19.8 Å². The highest BCUT2D eigenvalue weighted by molar-refractivity contribution is 7.45. The Hall–Kier alpha value is -0.990. The Morgan fingerprint density at radius 1 is 0.375 bits per heavy atom. The van der Waals surface area contributed by atoms with Gasteiger partial charge in [-0.2, -0.15) is 0 Å². The quantitative estimate of drug-likeness (QED) is 0.0256. The molecule has 0 N–H and O–H groups in total. The van der Waals surface area contributed by atoms with Gasteiger partial charge in [-0.25, -0.2) is 0 Å². The zero-order chi connectivity index (χ0) is 52.7. The van der Waals surface area contributed by atoms with Gasteiger partial charge in [-0.3, -0.25) is 14.2 Å².